The molecule has 2 atom stereocenters. The molecule has 1 saturated heterocycles. The van der Waals surface area contributed by atoms with E-state index in [0.29, 0.717) is 41.9 Å². The number of carbonyl (C=O) groups is 2. The van der Waals surface area contributed by atoms with Crippen molar-refractivity contribution >= 4 is 33.2 Å². The molecule has 0 aromatic heterocycles. The van der Waals surface area contributed by atoms with Gasteiger partial charge in [-0.1, -0.05) is 19.9 Å². The highest BCUT2D eigenvalue weighted by molar-refractivity contribution is 7.89. The topological polar surface area (TPSA) is 95.6 Å². The van der Waals surface area contributed by atoms with Crippen LogP contribution in [0.2, 0.25) is 0 Å². The molecule has 2 N–H and O–H groups in total. The van der Waals surface area contributed by atoms with Crippen molar-refractivity contribution in [1.82, 2.24) is 4.31 Å². The van der Waals surface area contributed by atoms with E-state index in [1.54, 1.807) is 12.1 Å². The maximum absolute atomic E-state index is 13.0. The second kappa shape index (κ2) is 9.20. The molecule has 8 heteroatoms. The molecule has 0 saturated carbocycles. The summed E-state index contributed by atoms with van der Waals surface area (Å²) < 4.78 is 27.6. The van der Waals surface area contributed by atoms with Gasteiger partial charge in [-0.2, -0.15) is 4.31 Å². The molecule has 31 heavy (non-hydrogen) atoms. The zero-order chi connectivity index (χ0) is 22.8. The first kappa shape index (κ1) is 23.0. The highest BCUT2D eigenvalue weighted by Crippen LogP contribution is 2.27. The monoisotopic (exact) mass is 443 g/mol. The lowest BCUT2D eigenvalue weighted by molar-refractivity contribution is -0.114. The fraction of sp³-hybridized carbons (Fsp3) is 0.391. The molecule has 3 rings (SSSR count). The Morgan fingerprint density at radius 2 is 1.55 bits per heavy atom. The lowest BCUT2D eigenvalue weighted by Crippen LogP contribution is -2.42. The van der Waals surface area contributed by atoms with E-state index in [4.69, 9.17) is 0 Å². The van der Waals surface area contributed by atoms with Crippen molar-refractivity contribution in [2.75, 3.05) is 23.7 Å². The molecular weight excluding hydrogens is 414 g/mol. The number of hydrogen-bond donors (Lipinski definition) is 2. The van der Waals surface area contributed by atoms with Crippen molar-refractivity contribution in [1.29, 1.82) is 0 Å². The molecule has 1 aliphatic heterocycles. The molecule has 0 bridgehead atoms. The molecule has 0 spiro atoms. The number of anilines is 2. The summed E-state index contributed by atoms with van der Waals surface area (Å²) in [4.78, 5) is 24.3. The minimum atomic E-state index is -3.60. The second-order valence-corrected chi connectivity index (χ2v) is 10.4. The number of piperidine rings is 1. The Bertz CT molecular complexity index is 1070. The van der Waals surface area contributed by atoms with Crippen LogP contribution in [0.4, 0.5) is 11.4 Å². The second-order valence-electron chi connectivity index (χ2n) is 8.48. The van der Waals surface area contributed by atoms with E-state index < -0.39 is 10.0 Å². The van der Waals surface area contributed by atoms with Crippen LogP contribution in [0.25, 0.3) is 0 Å². The van der Waals surface area contributed by atoms with Crippen LogP contribution in [0, 0.1) is 18.8 Å². The number of aryl methyl sites for hydroxylation is 1. The zero-order valence-corrected chi connectivity index (χ0v) is 19.1. The molecule has 1 heterocycles. The molecule has 7 nitrogen and oxygen atoms in total. The van der Waals surface area contributed by atoms with Gasteiger partial charge in [0.15, 0.2) is 0 Å². The SMILES string of the molecule is CC(=O)Nc1ccc(C)cc1NC(=O)c1ccc(S(=O)(=O)N2CC(C)CC(C)C2)cc1. The highest BCUT2D eigenvalue weighted by atomic mass is 32.2. The Morgan fingerprint density at radius 3 is 2.13 bits per heavy atom. The van der Waals surface area contributed by atoms with Crippen LogP contribution < -0.4 is 10.6 Å². The van der Waals surface area contributed by atoms with E-state index in [0.717, 1.165) is 12.0 Å². The van der Waals surface area contributed by atoms with E-state index >= 15 is 0 Å². The van der Waals surface area contributed by atoms with E-state index in [1.807, 2.05) is 13.0 Å². The Labute approximate surface area is 183 Å². The van der Waals surface area contributed by atoms with Crippen LogP contribution in [0.15, 0.2) is 47.4 Å². The van der Waals surface area contributed by atoms with Crippen LogP contribution >= 0.6 is 0 Å². The van der Waals surface area contributed by atoms with Crippen molar-refractivity contribution in [3.8, 4) is 0 Å². The number of rotatable bonds is 5. The summed E-state index contributed by atoms with van der Waals surface area (Å²) in [5.41, 5.74) is 2.23. The number of nitrogens with zero attached hydrogens (tertiary/aromatic N) is 1. The van der Waals surface area contributed by atoms with Gasteiger partial charge in [0.1, 0.15) is 0 Å². The first-order chi connectivity index (χ1) is 14.6. The summed E-state index contributed by atoms with van der Waals surface area (Å²) in [5.74, 6) is 0.00283. The molecule has 2 aromatic carbocycles. The van der Waals surface area contributed by atoms with Crippen LogP contribution in [-0.2, 0) is 14.8 Å². The summed E-state index contributed by atoms with van der Waals surface area (Å²) in [6.45, 7) is 8.42. The third kappa shape index (κ3) is 5.51. The van der Waals surface area contributed by atoms with Crippen LogP contribution in [-0.4, -0.2) is 37.6 Å². The molecule has 0 radical (unpaired) electrons. The van der Waals surface area contributed by atoms with Gasteiger partial charge in [-0.15, -0.1) is 0 Å². The van der Waals surface area contributed by atoms with Gasteiger partial charge in [-0.3, -0.25) is 9.59 Å². The predicted molar refractivity (Wildman–Crippen MR) is 122 cm³/mol. The maximum Gasteiger partial charge on any atom is 0.255 e. The minimum Gasteiger partial charge on any atom is -0.325 e. The summed E-state index contributed by atoms with van der Waals surface area (Å²) in [7, 11) is -3.60. The molecule has 1 aliphatic rings. The van der Waals surface area contributed by atoms with E-state index in [2.05, 4.69) is 24.5 Å². The highest BCUT2D eigenvalue weighted by Gasteiger charge is 2.31. The van der Waals surface area contributed by atoms with Crippen molar-refractivity contribution in [3.05, 3.63) is 53.6 Å². The zero-order valence-electron chi connectivity index (χ0n) is 18.3. The fourth-order valence-corrected chi connectivity index (χ4v) is 5.66. The minimum absolute atomic E-state index is 0.180. The largest absolute Gasteiger partial charge is 0.325 e. The standard InChI is InChI=1S/C23H29N3O4S/c1-15-5-10-21(24-18(4)27)22(12-15)25-23(28)19-6-8-20(9-7-19)31(29,30)26-13-16(2)11-17(3)14-26/h5-10,12,16-17H,11,13-14H2,1-4H3,(H,24,27)(H,25,28). The summed E-state index contributed by atoms with van der Waals surface area (Å²) in [6.07, 6.45) is 1.02. The van der Waals surface area contributed by atoms with Crippen molar-refractivity contribution < 1.29 is 18.0 Å². The first-order valence-electron chi connectivity index (χ1n) is 10.4. The van der Waals surface area contributed by atoms with Gasteiger partial charge in [0.25, 0.3) is 5.91 Å². The van der Waals surface area contributed by atoms with Crippen molar-refractivity contribution in [3.63, 3.8) is 0 Å². The molecule has 2 unspecified atom stereocenters. The van der Waals surface area contributed by atoms with Gasteiger partial charge < -0.3 is 10.6 Å². The van der Waals surface area contributed by atoms with Gasteiger partial charge in [0.2, 0.25) is 15.9 Å². The number of carbonyl (C=O) groups excluding carboxylic acids is 2. The van der Waals surface area contributed by atoms with Gasteiger partial charge in [0.05, 0.1) is 16.3 Å². The quantitative estimate of drug-likeness (QED) is 0.733. The van der Waals surface area contributed by atoms with Crippen molar-refractivity contribution in [2.24, 2.45) is 11.8 Å². The average Bonchev–Trinajstić information content (AvgIpc) is 2.69. The summed E-state index contributed by atoms with van der Waals surface area (Å²) in [5, 5.41) is 5.48. The Kier molecular flexibility index (Phi) is 6.81. The smallest absolute Gasteiger partial charge is 0.255 e. The third-order valence-electron chi connectivity index (χ3n) is 5.32. The number of amides is 2. The summed E-state index contributed by atoms with van der Waals surface area (Å²) in [6, 6.07) is 11.3. The number of benzene rings is 2. The van der Waals surface area contributed by atoms with Gasteiger partial charge in [0, 0.05) is 25.6 Å². The normalized spacial score (nSPS) is 19.6. The number of sulfonamides is 1. The Hall–Kier alpha value is -2.71. The summed E-state index contributed by atoms with van der Waals surface area (Å²) >= 11 is 0. The van der Waals surface area contributed by atoms with E-state index in [-0.39, 0.29) is 16.7 Å². The number of nitrogens with one attached hydrogen (secondary N) is 2. The van der Waals surface area contributed by atoms with Crippen molar-refractivity contribution in [2.45, 2.75) is 39.0 Å². The van der Waals surface area contributed by atoms with Crippen LogP contribution in [0.1, 0.15) is 43.1 Å². The van der Waals surface area contributed by atoms with Gasteiger partial charge >= 0.3 is 0 Å². The van der Waals surface area contributed by atoms with Crippen LogP contribution in [0.5, 0.6) is 0 Å². The maximum atomic E-state index is 13.0. The lowest BCUT2D eigenvalue weighted by Gasteiger charge is -2.34. The van der Waals surface area contributed by atoms with Gasteiger partial charge in [-0.05, 0) is 67.1 Å². The number of hydrogen-bond acceptors (Lipinski definition) is 4. The Morgan fingerprint density at radius 1 is 0.935 bits per heavy atom. The Balaban J connectivity index is 1.78. The molecule has 2 aromatic rings. The van der Waals surface area contributed by atoms with E-state index in [1.165, 1.54) is 35.5 Å². The van der Waals surface area contributed by atoms with Crippen LogP contribution in [0.3, 0.4) is 0 Å². The van der Waals surface area contributed by atoms with Gasteiger partial charge in [-0.25, -0.2) is 8.42 Å². The molecule has 166 valence electrons. The molecule has 1 fully saturated rings. The lowest BCUT2D eigenvalue weighted by atomic mass is 9.94. The average molecular weight is 444 g/mol. The molecular formula is C23H29N3O4S. The predicted octanol–water partition coefficient (Wildman–Crippen LogP) is 3.87. The van der Waals surface area contributed by atoms with E-state index in [9.17, 15) is 18.0 Å². The fourth-order valence-electron chi connectivity index (χ4n) is 3.98. The molecule has 0 aliphatic carbocycles. The first-order valence-corrected chi connectivity index (χ1v) is 11.8. The molecule has 2 amide bonds. The third-order valence-corrected chi connectivity index (χ3v) is 7.17.